The fraction of sp³-hybridized carbons (Fsp3) is 0.531. The van der Waals surface area contributed by atoms with Gasteiger partial charge in [-0.05, 0) is 66.8 Å². The van der Waals surface area contributed by atoms with Gasteiger partial charge in [0.1, 0.15) is 0 Å². The summed E-state index contributed by atoms with van der Waals surface area (Å²) in [5, 5.41) is 0. The lowest BCUT2D eigenvalue weighted by Crippen LogP contribution is -2.33. The molecule has 1 aliphatic heterocycles. The maximum atomic E-state index is 13.5. The van der Waals surface area contributed by atoms with E-state index in [0.717, 1.165) is 25.7 Å². The first-order chi connectivity index (χ1) is 18.1. The monoisotopic (exact) mass is 501 g/mol. The van der Waals surface area contributed by atoms with E-state index in [1.165, 1.54) is 49.0 Å². The van der Waals surface area contributed by atoms with Crippen LogP contribution in [-0.2, 0) is 14.3 Å². The molecule has 2 aromatic carbocycles. The zero-order chi connectivity index (χ0) is 25.8. The van der Waals surface area contributed by atoms with E-state index in [1.54, 1.807) is 24.3 Å². The van der Waals surface area contributed by atoms with Crippen molar-refractivity contribution in [1.29, 1.82) is 0 Å². The molecule has 2 bridgehead atoms. The van der Waals surface area contributed by atoms with E-state index in [2.05, 4.69) is 31.2 Å². The van der Waals surface area contributed by atoms with E-state index in [0.29, 0.717) is 23.8 Å². The SMILES string of the molecule is CCCCCCCCCCOC(=O)c1ccc(N2C(=O)[C@H]3[C@H]4C[C@@H]([C@@H]3C2=O)[C@H](c2ccccc2)C4)cc1. The molecule has 2 aromatic rings. The third kappa shape index (κ3) is 5.23. The summed E-state index contributed by atoms with van der Waals surface area (Å²) in [6, 6.07) is 17.2. The van der Waals surface area contributed by atoms with Crippen LogP contribution in [0.2, 0.25) is 0 Å². The normalized spacial score (nSPS) is 26.1. The molecule has 0 radical (unpaired) electrons. The van der Waals surface area contributed by atoms with Crippen LogP contribution in [0.3, 0.4) is 0 Å². The minimum atomic E-state index is -0.353. The Bertz CT molecular complexity index is 1100. The van der Waals surface area contributed by atoms with E-state index in [4.69, 9.17) is 4.74 Å². The molecule has 196 valence electrons. The lowest BCUT2D eigenvalue weighted by Gasteiger charge is -2.28. The number of hydrogen-bond donors (Lipinski definition) is 0. The Kier molecular flexibility index (Phi) is 8.07. The van der Waals surface area contributed by atoms with Crippen molar-refractivity contribution in [3.05, 3.63) is 65.7 Å². The Morgan fingerprint density at radius 2 is 1.46 bits per heavy atom. The summed E-state index contributed by atoms with van der Waals surface area (Å²) < 4.78 is 5.45. The van der Waals surface area contributed by atoms with Crippen LogP contribution < -0.4 is 4.90 Å². The second-order valence-electron chi connectivity index (χ2n) is 11.1. The lowest BCUT2D eigenvalue weighted by atomic mass is 9.73. The van der Waals surface area contributed by atoms with Crippen LogP contribution in [0, 0.1) is 23.7 Å². The van der Waals surface area contributed by atoms with Crippen LogP contribution >= 0.6 is 0 Å². The number of hydrogen-bond acceptors (Lipinski definition) is 4. The topological polar surface area (TPSA) is 63.7 Å². The molecule has 5 rings (SSSR count). The highest BCUT2D eigenvalue weighted by molar-refractivity contribution is 6.22. The Labute approximate surface area is 220 Å². The number of rotatable bonds is 12. The minimum absolute atomic E-state index is 0.0703. The molecule has 37 heavy (non-hydrogen) atoms. The lowest BCUT2D eigenvalue weighted by molar-refractivity contribution is -0.123. The van der Waals surface area contributed by atoms with Crippen LogP contribution in [0.1, 0.15) is 93.0 Å². The van der Waals surface area contributed by atoms with Crippen LogP contribution in [-0.4, -0.2) is 24.4 Å². The van der Waals surface area contributed by atoms with Gasteiger partial charge in [-0.15, -0.1) is 0 Å². The van der Waals surface area contributed by atoms with Gasteiger partial charge in [-0.3, -0.25) is 14.5 Å². The van der Waals surface area contributed by atoms with Crippen molar-refractivity contribution in [1.82, 2.24) is 0 Å². The van der Waals surface area contributed by atoms with E-state index < -0.39 is 0 Å². The summed E-state index contributed by atoms with van der Waals surface area (Å²) in [6.45, 7) is 2.65. The Morgan fingerprint density at radius 3 is 2.16 bits per heavy atom. The Balaban J connectivity index is 1.14. The highest BCUT2D eigenvalue weighted by Crippen LogP contribution is 2.61. The summed E-state index contributed by atoms with van der Waals surface area (Å²) in [5.41, 5.74) is 2.29. The first-order valence-corrected chi connectivity index (χ1v) is 14.3. The Morgan fingerprint density at radius 1 is 0.811 bits per heavy atom. The minimum Gasteiger partial charge on any atom is -0.462 e. The molecular formula is C32H39NO4. The van der Waals surface area contributed by atoms with Crippen molar-refractivity contribution in [2.75, 3.05) is 11.5 Å². The number of carbonyl (C=O) groups is 3. The molecule has 0 unspecified atom stereocenters. The third-order valence-electron chi connectivity index (χ3n) is 8.84. The summed E-state index contributed by atoms with van der Waals surface area (Å²) in [6.07, 6.45) is 11.5. The van der Waals surface area contributed by atoms with E-state index in [-0.39, 0.29) is 41.5 Å². The number of unbranched alkanes of at least 4 members (excludes halogenated alkanes) is 7. The molecule has 3 fully saturated rings. The van der Waals surface area contributed by atoms with Gasteiger partial charge in [-0.1, -0.05) is 82.2 Å². The molecule has 0 spiro atoms. The fourth-order valence-electron chi connectivity index (χ4n) is 7.03. The van der Waals surface area contributed by atoms with Crippen molar-refractivity contribution >= 4 is 23.5 Å². The molecule has 0 N–H and O–H groups in total. The zero-order valence-electron chi connectivity index (χ0n) is 21.9. The van der Waals surface area contributed by atoms with Gasteiger partial charge in [0, 0.05) is 0 Å². The molecule has 0 aromatic heterocycles. The molecule has 2 saturated carbocycles. The summed E-state index contributed by atoms with van der Waals surface area (Å²) in [5.74, 6) is -0.0816. The van der Waals surface area contributed by atoms with E-state index in [1.807, 2.05) is 6.07 Å². The molecule has 5 heteroatoms. The molecule has 3 aliphatic rings. The molecule has 5 nitrogen and oxygen atoms in total. The Hall–Kier alpha value is -2.95. The number of carbonyl (C=O) groups excluding carboxylic acids is 3. The van der Waals surface area contributed by atoms with Crippen molar-refractivity contribution < 1.29 is 19.1 Å². The molecule has 2 amide bonds. The number of benzene rings is 2. The van der Waals surface area contributed by atoms with Crippen LogP contribution in [0.15, 0.2) is 54.6 Å². The predicted molar refractivity (Wildman–Crippen MR) is 144 cm³/mol. The second kappa shape index (κ2) is 11.6. The fourth-order valence-corrected chi connectivity index (χ4v) is 7.03. The van der Waals surface area contributed by atoms with Gasteiger partial charge in [0.05, 0.1) is 29.7 Å². The largest absolute Gasteiger partial charge is 0.462 e. The van der Waals surface area contributed by atoms with Gasteiger partial charge in [0.15, 0.2) is 0 Å². The van der Waals surface area contributed by atoms with Crippen molar-refractivity contribution in [2.24, 2.45) is 23.7 Å². The van der Waals surface area contributed by atoms with Crippen molar-refractivity contribution in [2.45, 2.75) is 77.0 Å². The summed E-state index contributed by atoms with van der Waals surface area (Å²) in [4.78, 5) is 40.7. The maximum absolute atomic E-state index is 13.5. The van der Waals surface area contributed by atoms with E-state index in [9.17, 15) is 14.4 Å². The van der Waals surface area contributed by atoms with Gasteiger partial charge >= 0.3 is 5.97 Å². The molecule has 2 aliphatic carbocycles. The number of nitrogens with zero attached hydrogens (tertiary/aromatic N) is 1. The van der Waals surface area contributed by atoms with E-state index >= 15 is 0 Å². The predicted octanol–water partition coefficient (Wildman–Crippen LogP) is 6.91. The third-order valence-corrected chi connectivity index (χ3v) is 8.84. The smallest absolute Gasteiger partial charge is 0.338 e. The van der Waals surface area contributed by atoms with Crippen LogP contribution in [0.4, 0.5) is 5.69 Å². The zero-order valence-corrected chi connectivity index (χ0v) is 21.9. The summed E-state index contributed by atoms with van der Waals surface area (Å²) in [7, 11) is 0. The first kappa shape index (κ1) is 25.7. The number of amides is 2. The van der Waals surface area contributed by atoms with Crippen molar-refractivity contribution in [3.63, 3.8) is 0 Å². The number of imide groups is 1. The molecule has 1 saturated heterocycles. The summed E-state index contributed by atoms with van der Waals surface area (Å²) >= 11 is 0. The van der Waals surface area contributed by atoms with Gasteiger partial charge in [0.2, 0.25) is 11.8 Å². The highest BCUT2D eigenvalue weighted by atomic mass is 16.5. The number of anilines is 1. The first-order valence-electron chi connectivity index (χ1n) is 14.3. The maximum Gasteiger partial charge on any atom is 0.338 e. The quantitative estimate of drug-likeness (QED) is 0.180. The molecule has 1 heterocycles. The van der Waals surface area contributed by atoms with Crippen molar-refractivity contribution in [3.8, 4) is 0 Å². The van der Waals surface area contributed by atoms with Gasteiger partial charge in [-0.2, -0.15) is 0 Å². The number of fused-ring (bicyclic) bond motifs is 5. The van der Waals surface area contributed by atoms with Gasteiger partial charge in [0.25, 0.3) is 0 Å². The second-order valence-corrected chi connectivity index (χ2v) is 11.1. The number of esters is 1. The average Bonchev–Trinajstić information content (AvgIpc) is 3.59. The highest BCUT2D eigenvalue weighted by Gasteiger charge is 2.64. The molecular weight excluding hydrogens is 462 g/mol. The van der Waals surface area contributed by atoms with Crippen LogP contribution in [0.25, 0.3) is 0 Å². The standard InChI is InChI=1S/C32H39NO4/c1-2-3-4-5-6-7-8-12-19-37-32(36)23-15-17-25(18-16-23)33-30(34)28-24-20-26(22-13-10-9-11-14-22)27(21-24)29(28)31(33)35/h9-11,13-18,24,26-29H,2-8,12,19-21H2,1H3/t24-,26+,27-,28+,29+/m1/s1. The average molecular weight is 502 g/mol. The van der Waals surface area contributed by atoms with Gasteiger partial charge < -0.3 is 4.74 Å². The van der Waals surface area contributed by atoms with Crippen LogP contribution in [0.5, 0.6) is 0 Å². The molecule has 5 atom stereocenters. The number of ether oxygens (including phenoxy) is 1. The van der Waals surface area contributed by atoms with Gasteiger partial charge in [-0.25, -0.2) is 4.79 Å².